The number of hydrogen-bond acceptors (Lipinski definition) is 8. The highest BCUT2D eigenvalue weighted by molar-refractivity contribution is 6.31. The SMILES string of the molecule is CC(=O)c1c(O)c(C)c(O)c2c1OC1=CC(=O)C(=C(C)NCc3ccc(OC(C)C)cc3)C(=O)[C@@]12C. The third-order valence-corrected chi connectivity index (χ3v) is 6.61. The summed E-state index contributed by atoms with van der Waals surface area (Å²) in [7, 11) is 0. The van der Waals surface area contributed by atoms with Gasteiger partial charge in [0.2, 0.25) is 0 Å². The average Bonchev–Trinajstić information content (AvgIpc) is 3.09. The Morgan fingerprint density at radius 2 is 1.75 bits per heavy atom. The van der Waals surface area contributed by atoms with Crippen molar-refractivity contribution in [3.63, 3.8) is 0 Å². The molecule has 0 saturated carbocycles. The largest absolute Gasteiger partial charge is 0.507 e. The van der Waals surface area contributed by atoms with Crippen LogP contribution in [0, 0.1) is 6.92 Å². The van der Waals surface area contributed by atoms with Gasteiger partial charge in [-0.3, -0.25) is 14.4 Å². The zero-order valence-corrected chi connectivity index (χ0v) is 21.1. The number of ether oxygens (including phenoxy) is 2. The number of nitrogens with one attached hydrogen (secondary N) is 1. The normalized spacial score (nSPS) is 19.9. The molecule has 2 aliphatic rings. The number of aromatic hydroxyl groups is 2. The Labute approximate surface area is 209 Å². The third-order valence-electron chi connectivity index (χ3n) is 6.61. The minimum absolute atomic E-state index is 0.00703. The fourth-order valence-electron chi connectivity index (χ4n) is 4.64. The summed E-state index contributed by atoms with van der Waals surface area (Å²) >= 11 is 0. The first-order valence-corrected chi connectivity index (χ1v) is 11.7. The van der Waals surface area contributed by atoms with Crippen LogP contribution in [0.2, 0.25) is 0 Å². The Morgan fingerprint density at radius 3 is 2.33 bits per heavy atom. The van der Waals surface area contributed by atoms with E-state index in [1.807, 2.05) is 38.1 Å². The molecule has 0 spiro atoms. The maximum atomic E-state index is 13.8. The molecule has 2 aromatic carbocycles. The first kappa shape index (κ1) is 25.0. The van der Waals surface area contributed by atoms with Crippen molar-refractivity contribution in [3.05, 3.63) is 69.6 Å². The van der Waals surface area contributed by atoms with Gasteiger partial charge in [-0.25, -0.2) is 0 Å². The predicted octanol–water partition coefficient (Wildman–Crippen LogP) is 4.15. The van der Waals surface area contributed by atoms with E-state index in [9.17, 15) is 24.6 Å². The van der Waals surface area contributed by atoms with Crippen molar-refractivity contribution in [2.75, 3.05) is 0 Å². The van der Waals surface area contributed by atoms with Gasteiger partial charge in [-0.2, -0.15) is 0 Å². The Kier molecular flexibility index (Phi) is 6.16. The van der Waals surface area contributed by atoms with Gasteiger partial charge >= 0.3 is 0 Å². The van der Waals surface area contributed by atoms with E-state index < -0.39 is 28.5 Å². The van der Waals surface area contributed by atoms with Gasteiger partial charge in [0.25, 0.3) is 0 Å². The van der Waals surface area contributed by atoms with E-state index in [1.54, 1.807) is 13.8 Å². The van der Waals surface area contributed by atoms with Crippen molar-refractivity contribution in [3.8, 4) is 23.0 Å². The molecule has 0 saturated heterocycles. The van der Waals surface area contributed by atoms with Crippen molar-refractivity contribution in [1.82, 2.24) is 5.32 Å². The quantitative estimate of drug-likeness (QED) is 0.313. The molecule has 1 heterocycles. The molecule has 1 aliphatic heterocycles. The molecule has 36 heavy (non-hydrogen) atoms. The third kappa shape index (κ3) is 3.82. The van der Waals surface area contributed by atoms with Crippen LogP contribution < -0.4 is 14.8 Å². The number of benzene rings is 2. The lowest BCUT2D eigenvalue weighted by atomic mass is 9.70. The van der Waals surface area contributed by atoms with Gasteiger partial charge in [-0.15, -0.1) is 0 Å². The van der Waals surface area contributed by atoms with E-state index in [1.165, 1.54) is 19.9 Å². The summed E-state index contributed by atoms with van der Waals surface area (Å²) in [6.45, 7) is 10.1. The number of phenolic OH excluding ortho intramolecular Hbond substituents is 2. The molecule has 0 unspecified atom stereocenters. The first-order chi connectivity index (χ1) is 16.9. The smallest absolute Gasteiger partial charge is 0.194 e. The Balaban J connectivity index is 1.71. The highest BCUT2D eigenvalue weighted by Crippen LogP contribution is 2.57. The van der Waals surface area contributed by atoms with E-state index >= 15 is 0 Å². The maximum absolute atomic E-state index is 13.8. The maximum Gasteiger partial charge on any atom is 0.194 e. The molecule has 0 bridgehead atoms. The van der Waals surface area contributed by atoms with Gasteiger partial charge in [0.05, 0.1) is 17.2 Å². The van der Waals surface area contributed by atoms with Crippen LogP contribution in [0.1, 0.15) is 61.7 Å². The second-order valence-electron chi connectivity index (χ2n) is 9.55. The summed E-state index contributed by atoms with van der Waals surface area (Å²) in [5.41, 5.74) is -0.315. The molecule has 0 amide bonds. The van der Waals surface area contributed by atoms with Gasteiger partial charge in [0, 0.05) is 23.9 Å². The van der Waals surface area contributed by atoms with Gasteiger partial charge in [-0.05, 0) is 59.2 Å². The molecule has 1 atom stereocenters. The number of hydrogen-bond donors (Lipinski definition) is 3. The number of rotatable bonds is 6. The standard InChI is InChI=1S/C28H29NO7/c1-13(2)35-18-9-7-17(8-10-18)12-29-15(4)21-19(31)11-20-28(6,27(21)34)23-25(33)14(3)24(32)22(16(5)30)26(23)36-20/h7-11,13,29,32-33H,12H2,1-6H3/t28-/m0/s1. The van der Waals surface area contributed by atoms with Crippen LogP contribution in [0.3, 0.4) is 0 Å². The molecular formula is C28H29NO7. The molecule has 188 valence electrons. The minimum atomic E-state index is -1.54. The second-order valence-corrected chi connectivity index (χ2v) is 9.55. The van der Waals surface area contributed by atoms with E-state index in [0.717, 1.165) is 11.3 Å². The van der Waals surface area contributed by atoms with Crippen LogP contribution in [0.5, 0.6) is 23.0 Å². The number of phenols is 2. The monoisotopic (exact) mass is 491 g/mol. The van der Waals surface area contributed by atoms with Crippen molar-refractivity contribution < 1.29 is 34.1 Å². The lowest BCUT2D eigenvalue weighted by molar-refractivity contribution is -0.123. The number of carbonyl (C=O) groups is 3. The molecule has 8 nitrogen and oxygen atoms in total. The molecule has 0 radical (unpaired) electrons. The number of fused-ring (bicyclic) bond motifs is 3. The summed E-state index contributed by atoms with van der Waals surface area (Å²) < 4.78 is 11.4. The second kappa shape index (κ2) is 8.86. The van der Waals surface area contributed by atoms with Crippen LogP contribution in [-0.4, -0.2) is 33.7 Å². The molecule has 0 aromatic heterocycles. The lowest BCUT2D eigenvalue weighted by Crippen LogP contribution is -2.41. The average molecular weight is 492 g/mol. The summed E-state index contributed by atoms with van der Waals surface area (Å²) in [5.74, 6) is -1.72. The number of Topliss-reactive ketones (excluding diaryl/α,β-unsaturated/α-hetero) is 2. The number of allylic oxidation sites excluding steroid dienone is 4. The summed E-state index contributed by atoms with van der Waals surface area (Å²) in [4.78, 5) is 39.1. The molecule has 2 aromatic rings. The van der Waals surface area contributed by atoms with Crippen LogP contribution in [0.25, 0.3) is 0 Å². The zero-order chi connectivity index (χ0) is 26.5. The highest BCUT2D eigenvalue weighted by atomic mass is 16.5. The Morgan fingerprint density at radius 1 is 1.11 bits per heavy atom. The summed E-state index contributed by atoms with van der Waals surface area (Å²) in [5, 5.41) is 24.5. The van der Waals surface area contributed by atoms with Crippen LogP contribution in [0.15, 0.2) is 47.4 Å². The highest BCUT2D eigenvalue weighted by Gasteiger charge is 2.56. The number of ketones is 3. The molecule has 8 heteroatoms. The molecular weight excluding hydrogens is 462 g/mol. The van der Waals surface area contributed by atoms with Crippen LogP contribution >= 0.6 is 0 Å². The molecule has 1 aliphatic carbocycles. The molecule has 4 rings (SSSR count). The minimum Gasteiger partial charge on any atom is -0.507 e. The Hall–Kier alpha value is -4.07. The van der Waals surface area contributed by atoms with E-state index in [0.29, 0.717) is 12.2 Å². The fourth-order valence-corrected chi connectivity index (χ4v) is 4.64. The first-order valence-electron chi connectivity index (χ1n) is 11.7. The topological polar surface area (TPSA) is 122 Å². The van der Waals surface area contributed by atoms with E-state index in [4.69, 9.17) is 9.47 Å². The molecule has 3 N–H and O–H groups in total. The summed E-state index contributed by atoms with van der Waals surface area (Å²) in [6, 6.07) is 7.49. The van der Waals surface area contributed by atoms with Gasteiger partial charge < -0.3 is 25.0 Å². The fraction of sp³-hybridized carbons (Fsp3) is 0.321. The summed E-state index contributed by atoms with van der Waals surface area (Å²) in [6.07, 6.45) is 1.27. The zero-order valence-electron chi connectivity index (χ0n) is 21.1. The van der Waals surface area contributed by atoms with Crippen molar-refractivity contribution in [1.29, 1.82) is 0 Å². The van der Waals surface area contributed by atoms with Gasteiger partial charge in [0.1, 0.15) is 39.7 Å². The number of carbonyl (C=O) groups excluding carboxylic acids is 3. The van der Waals surface area contributed by atoms with Crippen LogP contribution in [-0.2, 0) is 21.5 Å². The lowest BCUT2D eigenvalue weighted by Gasteiger charge is -2.29. The van der Waals surface area contributed by atoms with Crippen LogP contribution in [0.4, 0.5) is 0 Å². The predicted molar refractivity (Wildman–Crippen MR) is 132 cm³/mol. The van der Waals surface area contributed by atoms with Crippen molar-refractivity contribution >= 4 is 17.3 Å². The Bertz CT molecular complexity index is 1370. The van der Waals surface area contributed by atoms with E-state index in [2.05, 4.69) is 5.32 Å². The van der Waals surface area contributed by atoms with Gasteiger partial charge in [0.15, 0.2) is 17.3 Å². The van der Waals surface area contributed by atoms with Crippen molar-refractivity contribution in [2.45, 2.75) is 59.6 Å². The van der Waals surface area contributed by atoms with Crippen molar-refractivity contribution in [2.24, 2.45) is 0 Å². The van der Waals surface area contributed by atoms with E-state index in [-0.39, 0.29) is 45.6 Å². The molecule has 0 fully saturated rings. The van der Waals surface area contributed by atoms with Gasteiger partial charge in [-0.1, -0.05) is 12.1 Å².